The van der Waals surface area contributed by atoms with E-state index in [2.05, 4.69) is 19.2 Å². The fourth-order valence-electron chi connectivity index (χ4n) is 9.11. The number of esters is 1. The van der Waals surface area contributed by atoms with Gasteiger partial charge in [-0.3, -0.25) is 9.59 Å². The predicted molar refractivity (Wildman–Crippen MR) is 278 cm³/mol. The molecule has 0 saturated heterocycles. The maximum Gasteiger partial charge on any atom is 0.305 e. The van der Waals surface area contributed by atoms with E-state index in [-0.39, 0.29) is 18.5 Å². The van der Waals surface area contributed by atoms with Crippen LogP contribution in [-0.2, 0) is 14.3 Å². The van der Waals surface area contributed by atoms with Gasteiger partial charge < -0.3 is 20.3 Å². The van der Waals surface area contributed by atoms with Crippen molar-refractivity contribution in [2.24, 2.45) is 0 Å². The Morgan fingerprint density at radius 1 is 0.422 bits per heavy atom. The lowest BCUT2D eigenvalue weighted by Gasteiger charge is -2.20. The van der Waals surface area contributed by atoms with E-state index in [1.165, 1.54) is 238 Å². The number of hydrogen-bond donors (Lipinski definition) is 3. The summed E-state index contributed by atoms with van der Waals surface area (Å²) in [6, 6.07) is -0.639. The number of carbonyl (C=O) groups excluding carboxylic acids is 2. The molecule has 6 nitrogen and oxygen atoms in total. The fourth-order valence-corrected chi connectivity index (χ4v) is 9.11. The van der Waals surface area contributed by atoms with Gasteiger partial charge in [-0.2, -0.15) is 0 Å². The third kappa shape index (κ3) is 50.0. The van der Waals surface area contributed by atoms with E-state index >= 15 is 0 Å². The highest BCUT2D eigenvalue weighted by Gasteiger charge is 2.18. The van der Waals surface area contributed by atoms with Gasteiger partial charge >= 0.3 is 5.97 Å². The molecule has 0 bridgehead atoms. The summed E-state index contributed by atoms with van der Waals surface area (Å²) in [6.07, 6.45) is 63.7. The molecule has 1 amide bonds. The van der Waals surface area contributed by atoms with Crippen LogP contribution in [0.4, 0.5) is 0 Å². The topological polar surface area (TPSA) is 95.9 Å². The van der Waals surface area contributed by atoms with Gasteiger partial charge in [-0.15, -0.1) is 0 Å². The first-order valence-corrected chi connectivity index (χ1v) is 29.0. The molecule has 0 heterocycles. The number of ether oxygens (including phenoxy) is 1. The van der Waals surface area contributed by atoms with Gasteiger partial charge in [-0.25, -0.2) is 0 Å². The molecule has 0 aliphatic rings. The minimum atomic E-state index is -0.854. The standard InChI is InChI=1S/C58H113NO5/c1-3-5-7-9-11-13-15-17-18-19-20-21-22-23-24-25-26-27-30-34-38-42-46-50-56(61)55(54-60)59-57(62)51-47-43-39-35-31-28-29-33-37-41-45-49-53-64-58(63)52-48-44-40-36-32-16-14-12-10-8-6-4-2/h46,50,55-56,60-61H,3-45,47-49,51-54H2,1-2H3,(H,59,62)/b50-46+. The van der Waals surface area contributed by atoms with Crippen LogP contribution in [0.3, 0.4) is 0 Å². The maximum absolute atomic E-state index is 12.5. The molecule has 0 fully saturated rings. The number of aliphatic hydroxyl groups is 2. The Bertz CT molecular complexity index is 955. The summed E-state index contributed by atoms with van der Waals surface area (Å²) in [5.74, 6) is -0.0890. The molecule has 0 aromatic heterocycles. The Kier molecular flexibility index (Phi) is 53.0. The van der Waals surface area contributed by atoms with E-state index in [0.29, 0.717) is 19.4 Å². The Hall–Kier alpha value is -1.40. The number of amides is 1. The van der Waals surface area contributed by atoms with Crippen LogP contribution in [0.1, 0.15) is 322 Å². The first-order chi connectivity index (χ1) is 31.5. The van der Waals surface area contributed by atoms with Crippen LogP contribution in [0.25, 0.3) is 0 Å². The second-order valence-electron chi connectivity index (χ2n) is 20.0. The summed E-state index contributed by atoms with van der Waals surface area (Å²) in [4.78, 5) is 24.5. The number of rotatable bonds is 54. The molecule has 3 N–H and O–H groups in total. The molecule has 2 atom stereocenters. The molecule has 0 rings (SSSR count). The number of nitrogens with one attached hydrogen (secondary N) is 1. The molecule has 2 unspecified atom stereocenters. The van der Waals surface area contributed by atoms with Crippen molar-refractivity contribution in [3.8, 4) is 0 Å². The first-order valence-electron chi connectivity index (χ1n) is 29.0. The van der Waals surface area contributed by atoms with Crippen molar-refractivity contribution in [3.63, 3.8) is 0 Å². The molecular formula is C58H113NO5. The van der Waals surface area contributed by atoms with Crippen molar-refractivity contribution in [2.75, 3.05) is 13.2 Å². The Morgan fingerprint density at radius 3 is 1.06 bits per heavy atom. The molecule has 0 radical (unpaired) electrons. The molecule has 380 valence electrons. The van der Waals surface area contributed by atoms with E-state index in [1.54, 1.807) is 6.08 Å². The van der Waals surface area contributed by atoms with E-state index in [0.717, 1.165) is 57.8 Å². The summed E-state index contributed by atoms with van der Waals surface area (Å²) in [5, 5.41) is 23.2. The summed E-state index contributed by atoms with van der Waals surface area (Å²) in [7, 11) is 0. The zero-order valence-corrected chi connectivity index (χ0v) is 43.3. The van der Waals surface area contributed by atoms with E-state index < -0.39 is 12.1 Å². The molecule has 0 aliphatic heterocycles. The molecule has 6 heteroatoms. The van der Waals surface area contributed by atoms with Crippen LogP contribution in [0, 0.1) is 0 Å². The minimum Gasteiger partial charge on any atom is -0.466 e. The highest BCUT2D eigenvalue weighted by molar-refractivity contribution is 5.76. The molecule has 64 heavy (non-hydrogen) atoms. The lowest BCUT2D eigenvalue weighted by molar-refractivity contribution is -0.143. The van der Waals surface area contributed by atoms with Gasteiger partial charge in [0.15, 0.2) is 0 Å². The number of hydrogen-bond acceptors (Lipinski definition) is 5. The van der Waals surface area contributed by atoms with Crippen LogP contribution < -0.4 is 5.32 Å². The number of carbonyl (C=O) groups is 2. The Morgan fingerprint density at radius 2 is 0.719 bits per heavy atom. The van der Waals surface area contributed by atoms with E-state index in [9.17, 15) is 19.8 Å². The van der Waals surface area contributed by atoms with Crippen molar-refractivity contribution in [2.45, 2.75) is 334 Å². The monoisotopic (exact) mass is 904 g/mol. The molecule has 0 aromatic rings. The smallest absolute Gasteiger partial charge is 0.305 e. The lowest BCUT2D eigenvalue weighted by Crippen LogP contribution is -2.45. The van der Waals surface area contributed by atoms with Crippen LogP contribution >= 0.6 is 0 Å². The molecule has 0 aromatic carbocycles. The van der Waals surface area contributed by atoms with Gasteiger partial charge in [0, 0.05) is 12.8 Å². The minimum absolute atomic E-state index is 0.00922. The third-order valence-corrected chi connectivity index (χ3v) is 13.6. The van der Waals surface area contributed by atoms with Crippen molar-refractivity contribution >= 4 is 11.9 Å². The molecular weight excluding hydrogens is 791 g/mol. The Balaban J connectivity index is 3.48. The largest absolute Gasteiger partial charge is 0.466 e. The van der Waals surface area contributed by atoms with E-state index in [1.807, 2.05) is 6.08 Å². The quantitative estimate of drug-likeness (QED) is 0.0321. The van der Waals surface area contributed by atoms with Crippen LogP contribution in [-0.4, -0.2) is 47.4 Å². The summed E-state index contributed by atoms with van der Waals surface area (Å²) in [5.41, 5.74) is 0. The van der Waals surface area contributed by atoms with Gasteiger partial charge in [0.05, 0.1) is 25.4 Å². The van der Waals surface area contributed by atoms with Crippen molar-refractivity contribution < 1.29 is 24.5 Å². The molecule has 0 saturated carbocycles. The summed E-state index contributed by atoms with van der Waals surface area (Å²) >= 11 is 0. The maximum atomic E-state index is 12.5. The number of unbranched alkanes of at least 4 members (excludes halogenated alkanes) is 43. The van der Waals surface area contributed by atoms with Gasteiger partial charge in [-0.05, 0) is 32.1 Å². The predicted octanol–water partition coefficient (Wildman–Crippen LogP) is 17.7. The average Bonchev–Trinajstić information content (AvgIpc) is 3.29. The average molecular weight is 905 g/mol. The molecule has 0 spiro atoms. The van der Waals surface area contributed by atoms with Gasteiger partial charge in [0.25, 0.3) is 0 Å². The first kappa shape index (κ1) is 62.6. The fraction of sp³-hybridized carbons (Fsp3) is 0.931. The zero-order valence-electron chi connectivity index (χ0n) is 43.3. The third-order valence-electron chi connectivity index (χ3n) is 13.6. The molecule has 0 aliphatic carbocycles. The summed E-state index contributed by atoms with van der Waals surface area (Å²) in [6.45, 7) is 4.89. The number of aliphatic hydroxyl groups excluding tert-OH is 2. The van der Waals surface area contributed by atoms with Crippen LogP contribution in [0.15, 0.2) is 12.2 Å². The summed E-state index contributed by atoms with van der Waals surface area (Å²) < 4.78 is 5.46. The van der Waals surface area contributed by atoms with Gasteiger partial charge in [0.2, 0.25) is 5.91 Å². The van der Waals surface area contributed by atoms with Gasteiger partial charge in [-0.1, -0.05) is 289 Å². The lowest BCUT2D eigenvalue weighted by atomic mass is 10.0. The normalized spacial score (nSPS) is 12.6. The highest BCUT2D eigenvalue weighted by atomic mass is 16.5. The second-order valence-corrected chi connectivity index (χ2v) is 20.0. The van der Waals surface area contributed by atoms with Crippen molar-refractivity contribution in [1.29, 1.82) is 0 Å². The zero-order chi connectivity index (χ0) is 46.5. The highest BCUT2D eigenvalue weighted by Crippen LogP contribution is 2.17. The number of allylic oxidation sites excluding steroid dienone is 1. The van der Waals surface area contributed by atoms with E-state index in [4.69, 9.17) is 4.74 Å². The SMILES string of the molecule is CCCCCCCCCCCCCCCCCCCCCCC/C=C/C(O)C(CO)NC(=O)CCCCCCCCCCCCCCOC(=O)CCCCCCCCCCCCCC. The van der Waals surface area contributed by atoms with Crippen molar-refractivity contribution in [1.82, 2.24) is 5.32 Å². The second kappa shape index (κ2) is 54.2. The van der Waals surface area contributed by atoms with Crippen molar-refractivity contribution in [3.05, 3.63) is 12.2 Å². The van der Waals surface area contributed by atoms with Crippen LogP contribution in [0.2, 0.25) is 0 Å². The Labute approximate surface area is 399 Å². The van der Waals surface area contributed by atoms with Gasteiger partial charge in [0.1, 0.15) is 0 Å². The van der Waals surface area contributed by atoms with Crippen LogP contribution in [0.5, 0.6) is 0 Å².